The molecule has 2 rings (SSSR count). The summed E-state index contributed by atoms with van der Waals surface area (Å²) in [5.74, 6) is 1.27. The molecular weight excluding hydrogens is 330 g/mol. The van der Waals surface area contributed by atoms with Crippen LogP contribution in [0.4, 0.5) is 0 Å². The van der Waals surface area contributed by atoms with Crippen LogP contribution in [-0.4, -0.2) is 87.7 Å². The molecule has 26 heavy (non-hydrogen) atoms. The minimum absolute atomic E-state index is 0.0115. The number of carbonyl (C=O) groups excluding carboxylic acids is 1. The van der Waals surface area contributed by atoms with Crippen molar-refractivity contribution < 1.29 is 9.53 Å². The number of amides is 1. The molecular formula is C19H37N5O2. The lowest BCUT2D eigenvalue weighted by Gasteiger charge is -2.33. The van der Waals surface area contributed by atoms with Gasteiger partial charge in [0.05, 0.1) is 6.61 Å². The van der Waals surface area contributed by atoms with Crippen molar-refractivity contribution in [1.82, 2.24) is 20.4 Å². The summed E-state index contributed by atoms with van der Waals surface area (Å²) in [6.07, 6.45) is 6.17. The average molecular weight is 368 g/mol. The van der Waals surface area contributed by atoms with Crippen molar-refractivity contribution in [3.05, 3.63) is 0 Å². The molecule has 2 heterocycles. The Morgan fingerprint density at radius 1 is 1.27 bits per heavy atom. The van der Waals surface area contributed by atoms with Gasteiger partial charge in [0.1, 0.15) is 6.54 Å². The smallest absolute Gasteiger partial charge is 0.243 e. The predicted molar refractivity (Wildman–Crippen MR) is 105 cm³/mol. The average Bonchev–Trinajstić information content (AvgIpc) is 3.14. The highest BCUT2D eigenvalue weighted by Crippen LogP contribution is 2.16. The molecule has 0 radical (unpaired) electrons. The number of rotatable bonds is 8. The van der Waals surface area contributed by atoms with Crippen LogP contribution in [0.5, 0.6) is 0 Å². The third kappa shape index (κ3) is 7.50. The van der Waals surface area contributed by atoms with Crippen LogP contribution < -0.4 is 10.6 Å². The van der Waals surface area contributed by atoms with Crippen LogP contribution in [-0.2, 0) is 9.53 Å². The Bertz CT molecular complexity index is 449. The second-order valence-electron chi connectivity index (χ2n) is 7.72. The van der Waals surface area contributed by atoms with E-state index in [-0.39, 0.29) is 12.5 Å². The van der Waals surface area contributed by atoms with Gasteiger partial charge < -0.3 is 25.2 Å². The van der Waals surface area contributed by atoms with Crippen molar-refractivity contribution >= 4 is 11.9 Å². The number of likely N-dealkylation sites (N-methyl/N-ethyl adjacent to an activating group) is 1. The van der Waals surface area contributed by atoms with Gasteiger partial charge in [0.15, 0.2) is 5.96 Å². The standard InChI is InChI=1S/C19H37N5O2/c1-16-7-4-5-10-24(16)11-6-9-20-19(22-14-18(25)23(2)3)21-13-17-8-12-26-15-17/h16-17H,4-15H2,1-3H3,(H2,20,21,22). The summed E-state index contributed by atoms with van der Waals surface area (Å²) in [5.41, 5.74) is 0. The molecule has 2 saturated heterocycles. The molecule has 7 heteroatoms. The number of nitrogens with zero attached hydrogens (tertiary/aromatic N) is 3. The van der Waals surface area contributed by atoms with E-state index in [0.717, 1.165) is 51.6 Å². The Morgan fingerprint density at radius 3 is 2.81 bits per heavy atom. The lowest BCUT2D eigenvalue weighted by atomic mass is 10.0. The molecule has 2 unspecified atom stereocenters. The lowest BCUT2D eigenvalue weighted by molar-refractivity contribution is -0.127. The zero-order chi connectivity index (χ0) is 18.8. The van der Waals surface area contributed by atoms with Crippen LogP contribution in [0.25, 0.3) is 0 Å². The highest BCUT2D eigenvalue weighted by Gasteiger charge is 2.18. The minimum atomic E-state index is 0.0115. The van der Waals surface area contributed by atoms with Gasteiger partial charge >= 0.3 is 0 Å². The molecule has 2 aliphatic heterocycles. The van der Waals surface area contributed by atoms with Crippen LogP contribution in [0.3, 0.4) is 0 Å². The van der Waals surface area contributed by atoms with E-state index in [4.69, 9.17) is 4.74 Å². The Morgan fingerprint density at radius 2 is 2.12 bits per heavy atom. The summed E-state index contributed by atoms with van der Waals surface area (Å²) >= 11 is 0. The molecule has 2 N–H and O–H groups in total. The third-order valence-electron chi connectivity index (χ3n) is 5.31. The summed E-state index contributed by atoms with van der Waals surface area (Å²) in [5, 5.41) is 6.77. The molecule has 0 bridgehead atoms. The fourth-order valence-corrected chi connectivity index (χ4v) is 3.43. The molecule has 0 aromatic heterocycles. The lowest BCUT2D eigenvalue weighted by Crippen LogP contribution is -2.43. The number of aliphatic imine (C=N–C) groups is 1. The minimum Gasteiger partial charge on any atom is -0.381 e. The van der Waals surface area contributed by atoms with Gasteiger partial charge in [-0.1, -0.05) is 6.42 Å². The normalized spacial score (nSPS) is 24.5. The van der Waals surface area contributed by atoms with Crippen molar-refractivity contribution in [1.29, 1.82) is 0 Å². The Labute approximate surface area is 158 Å². The molecule has 2 fully saturated rings. The highest BCUT2D eigenvalue weighted by molar-refractivity contribution is 5.84. The maximum atomic E-state index is 11.8. The quantitative estimate of drug-likeness (QED) is 0.379. The van der Waals surface area contributed by atoms with Crippen LogP contribution >= 0.6 is 0 Å². The first-order valence-corrected chi connectivity index (χ1v) is 10.1. The second-order valence-corrected chi connectivity index (χ2v) is 7.72. The van der Waals surface area contributed by atoms with E-state index in [0.29, 0.717) is 12.0 Å². The fourth-order valence-electron chi connectivity index (χ4n) is 3.43. The van der Waals surface area contributed by atoms with Crippen molar-refractivity contribution in [3.63, 3.8) is 0 Å². The van der Waals surface area contributed by atoms with E-state index in [1.807, 2.05) is 0 Å². The first-order chi connectivity index (χ1) is 12.6. The van der Waals surface area contributed by atoms with Crippen LogP contribution in [0, 0.1) is 5.92 Å². The monoisotopic (exact) mass is 367 g/mol. The molecule has 0 saturated carbocycles. The maximum absolute atomic E-state index is 11.8. The van der Waals surface area contributed by atoms with Crippen LogP contribution in [0.15, 0.2) is 4.99 Å². The Kier molecular flexibility index (Phi) is 9.18. The molecule has 150 valence electrons. The number of likely N-dealkylation sites (tertiary alicyclic amines) is 1. The van der Waals surface area contributed by atoms with Gasteiger partial charge in [0, 0.05) is 52.3 Å². The van der Waals surface area contributed by atoms with E-state index < -0.39 is 0 Å². The van der Waals surface area contributed by atoms with E-state index >= 15 is 0 Å². The summed E-state index contributed by atoms with van der Waals surface area (Å²) in [6, 6.07) is 0.704. The number of ether oxygens (including phenoxy) is 1. The summed E-state index contributed by atoms with van der Waals surface area (Å²) in [6.45, 7) is 8.21. The zero-order valence-corrected chi connectivity index (χ0v) is 16.8. The highest BCUT2D eigenvalue weighted by atomic mass is 16.5. The Balaban J connectivity index is 1.74. The molecule has 0 spiro atoms. The number of carbonyl (C=O) groups is 1. The predicted octanol–water partition coefficient (Wildman–Crippen LogP) is 0.911. The summed E-state index contributed by atoms with van der Waals surface area (Å²) in [7, 11) is 3.52. The maximum Gasteiger partial charge on any atom is 0.243 e. The largest absolute Gasteiger partial charge is 0.381 e. The number of hydrogen-bond donors (Lipinski definition) is 2. The number of guanidine groups is 1. The first-order valence-electron chi connectivity index (χ1n) is 10.1. The molecule has 2 aliphatic rings. The molecule has 7 nitrogen and oxygen atoms in total. The molecule has 0 aliphatic carbocycles. The van der Waals surface area contributed by atoms with Crippen molar-refractivity contribution in [2.45, 2.75) is 45.1 Å². The molecule has 0 aromatic rings. The van der Waals surface area contributed by atoms with Gasteiger partial charge in [-0.05, 0) is 39.2 Å². The van der Waals surface area contributed by atoms with E-state index in [1.165, 1.54) is 25.8 Å². The van der Waals surface area contributed by atoms with Gasteiger partial charge in [0.2, 0.25) is 5.91 Å². The number of hydrogen-bond acceptors (Lipinski definition) is 4. The third-order valence-corrected chi connectivity index (χ3v) is 5.31. The zero-order valence-electron chi connectivity index (χ0n) is 16.8. The van der Waals surface area contributed by atoms with E-state index in [2.05, 4.69) is 27.4 Å². The van der Waals surface area contributed by atoms with Crippen molar-refractivity contribution in [2.24, 2.45) is 10.9 Å². The summed E-state index contributed by atoms with van der Waals surface area (Å²) in [4.78, 5) is 20.4. The SMILES string of the molecule is CC1CCCCN1CCCNC(=NCC(=O)N(C)C)NCC1CCOC1. The van der Waals surface area contributed by atoms with Gasteiger partial charge in [-0.2, -0.15) is 0 Å². The number of piperidine rings is 1. The van der Waals surface area contributed by atoms with Crippen molar-refractivity contribution in [2.75, 3.05) is 60.0 Å². The van der Waals surface area contributed by atoms with Crippen LogP contribution in [0.2, 0.25) is 0 Å². The van der Waals surface area contributed by atoms with Gasteiger partial charge in [-0.3, -0.25) is 4.79 Å². The second kappa shape index (κ2) is 11.4. The molecule has 1 amide bonds. The van der Waals surface area contributed by atoms with E-state index in [1.54, 1.807) is 19.0 Å². The fraction of sp³-hybridized carbons (Fsp3) is 0.895. The van der Waals surface area contributed by atoms with Gasteiger partial charge in [-0.25, -0.2) is 4.99 Å². The first kappa shape index (κ1) is 21.0. The van der Waals surface area contributed by atoms with Crippen LogP contribution in [0.1, 0.15) is 39.0 Å². The summed E-state index contributed by atoms with van der Waals surface area (Å²) < 4.78 is 5.43. The Hall–Kier alpha value is -1.34. The topological polar surface area (TPSA) is 69.2 Å². The molecule has 2 atom stereocenters. The van der Waals surface area contributed by atoms with Gasteiger partial charge in [0.25, 0.3) is 0 Å². The van der Waals surface area contributed by atoms with Gasteiger partial charge in [-0.15, -0.1) is 0 Å². The molecule has 0 aromatic carbocycles. The van der Waals surface area contributed by atoms with Crippen molar-refractivity contribution in [3.8, 4) is 0 Å². The van der Waals surface area contributed by atoms with E-state index in [9.17, 15) is 4.79 Å². The number of nitrogens with one attached hydrogen (secondary N) is 2.